The number of rotatable bonds is 5. The van der Waals surface area contributed by atoms with Gasteiger partial charge in [-0.05, 0) is 29.8 Å². The Morgan fingerprint density at radius 3 is 2.77 bits per heavy atom. The summed E-state index contributed by atoms with van der Waals surface area (Å²) in [6.07, 6.45) is 0.765. The van der Waals surface area contributed by atoms with E-state index in [1.807, 2.05) is 18.2 Å². The number of pyridine rings is 1. The Hall–Kier alpha value is -2.77. The van der Waals surface area contributed by atoms with Crippen molar-refractivity contribution in [3.63, 3.8) is 0 Å². The van der Waals surface area contributed by atoms with E-state index in [-0.39, 0.29) is 25.0 Å². The highest BCUT2D eigenvalue weighted by molar-refractivity contribution is 5.88. The molecular formula is C19H21N3O4. The van der Waals surface area contributed by atoms with Crippen LogP contribution in [0.15, 0.2) is 48.7 Å². The van der Waals surface area contributed by atoms with Crippen LogP contribution in [-0.4, -0.2) is 46.1 Å². The molecule has 7 nitrogen and oxygen atoms in total. The first-order chi connectivity index (χ1) is 12.5. The fourth-order valence-corrected chi connectivity index (χ4v) is 2.95. The zero-order valence-corrected chi connectivity index (χ0v) is 14.5. The summed E-state index contributed by atoms with van der Waals surface area (Å²) in [4.78, 5) is 29.3. The van der Waals surface area contributed by atoms with Gasteiger partial charge in [0.15, 0.2) is 0 Å². The smallest absolute Gasteiger partial charge is 0.249 e. The molecule has 26 heavy (non-hydrogen) atoms. The van der Waals surface area contributed by atoms with Crippen LogP contribution >= 0.6 is 0 Å². The maximum atomic E-state index is 12.3. The lowest BCUT2D eigenvalue weighted by Crippen LogP contribution is -2.51. The second-order valence-corrected chi connectivity index (χ2v) is 6.17. The van der Waals surface area contributed by atoms with Crippen molar-refractivity contribution in [3.8, 4) is 0 Å². The van der Waals surface area contributed by atoms with E-state index in [2.05, 4.69) is 10.3 Å². The van der Waals surface area contributed by atoms with Gasteiger partial charge in [-0.3, -0.25) is 14.6 Å². The number of morpholine rings is 1. The number of hydrogen-bond acceptors (Lipinski definition) is 5. The van der Waals surface area contributed by atoms with Crippen LogP contribution in [0, 0.1) is 0 Å². The number of benzene rings is 1. The quantitative estimate of drug-likeness (QED) is 0.848. The molecule has 0 unspecified atom stereocenters. The fraction of sp³-hybridized carbons (Fsp3) is 0.316. The third kappa shape index (κ3) is 4.25. The van der Waals surface area contributed by atoms with Crippen LogP contribution in [-0.2, 0) is 20.9 Å². The summed E-state index contributed by atoms with van der Waals surface area (Å²) in [6, 6.07) is 11.9. The highest BCUT2D eigenvalue weighted by Crippen LogP contribution is 2.26. The number of nitrogens with zero attached hydrogens (tertiary/aromatic N) is 2. The number of nitrogens with one attached hydrogen (secondary N) is 1. The molecule has 1 aliphatic heterocycles. The van der Waals surface area contributed by atoms with Crippen LogP contribution in [0.3, 0.4) is 0 Å². The van der Waals surface area contributed by atoms with Crippen molar-refractivity contribution < 1.29 is 19.4 Å². The first kappa shape index (κ1) is 18.0. The van der Waals surface area contributed by atoms with E-state index < -0.39 is 12.1 Å². The summed E-state index contributed by atoms with van der Waals surface area (Å²) in [5, 5.41) is 13.5. The minimum Gasteiger partial charge on any atom is -0.386 e. The number of ether oxygens (including phenoxy) is 1. The Morgan fingerprint density at radius 2 is 2.12 bits per heavy atom. The topological polar surface area (TPSA) is 91.8 Å². The van der Waals surface area contributed by atoms with E-state index in [1.165, 1.54) is 6.92 Å². The molecule has 2 amide bonds. The van der Waals surface area contributed by atoms with Crippen LogP contribution in [0.1, 0.15) is 24.3 Å². The van der Waals surface area contributed by atoms with Gasteiger partial charge in [-0.2, -0.15) is 0 Å². The largest absolute Gasteiger partial charge is 0.386 e. The monoisotopic (exact) mass is 355 g/mol. The minimum atomic E-state index is -0.908. The molecule has 0 radical (unpaired) electrons. The van der Waals surface area contributed by atoms with E-state index >= 15 is 0 Å². The van der Waals surface area contributed by atoms with E-state index in [0.717, 1.165) is 5.69 Å². The lowest BCUT2D eigenvalue weighted by Gasteiger charge is -2.38. The molecular weight excluding hydrogens is 334 g/mol. The Bertz CT molecular complexity index is 764. The lowest BCUT2D eigenvalue weighted by molar-refractivity contribution is -0.155. The van der Waals surface area contributed by atoms with Crippen molar-refractivity contribution in [2.24, 2.45) is 0 Å². The van der Waals surface area contributed by atoms with E-state index in [0.29, 0.717) is 17.8 Å². The van der Waals surface area contributed by atoms with Crippen LogP contribution in [0.25, 0.3) is 0 Å². The molecule has 2 N–H and O–H groups in total. The molecule has 7 heteroatoms. The molecule has 1 fully saturated rings. The van der Waals surface area contributed by atoms with Gasteiger partial charge in [0.05, 0.1) is 24.9 Å². The molecule has 0 spiro atoms. The average Bonchev–Trinajstić information content (AvgIpc) is 2.64. The van der Waals surface area contributed by atoms with Crippen LogP contribution in [0.5, 0.6) is 0 Å². The minimum absolute atomic E-state index is 0.00246. The van der Waals surface area contributed by atoms with E-state index in [1.54, 1.807) is 35.4 Å². The van der Waals surface area contributed by atoms with Gasteiger partial charge in [-0.25, -0.2) is 0 Å². The highest BCUT2D eigenvalue weighted by Gasteiger charge is 2.34. The van der Waals surface area contributed by atoms with Gasteiger partial charge in [-0.15, -0.1) is 0 Å². The molecule has 1 aromatic heterocycles. The third-order valence-corrected chi connectivity index (χ3v) is 4.23. The normalized spacial score (nSPS) is 18.5. The predicted octanol–water partition coefficient (Wildman–Crippen LogP) is 1.50. The molecule has 0 bridgehead atoms. The molecule has 3 rings (SSSR count). The maximum Gasteiger partial charge on any atom is 0.249 e. The molecule has 0 saturated carbocycles. The number of anilines is 1. The molecule has 2 heterocycles. The molecule has 1 aliphatic rings. The molecule has 2 aromatic rings. The Morgan fingerprint density at radius 1 is 1.35 bits per heavy atom. The summed E-state index contributed by atoms with van der Waals surface area (Å²) in [6.45, 7) is 1.99. The van der Waals surface area contributed by atoms with Crippen molar-refractivity contribution in [3.05, 3.63) is 59.9 Å². The lowest BCUT2D eigenvalue weighted by atomic mass is 9.99. The van der Waals surface area contributed by atoms with Crippen molar-refractivity contribution in [2.75, 3.05) is 18.5 Å². The summed E-state index contributed by atoms with van der Waals surface area (Å²) < 4.78 is 5.35. The standard InChI is InChI=1S/C19H21N3O4/c1-13(23)21-15-7-5-14(6-8-15)19(25)17-11-26-12-18(24)22(17)10-16-4-2-3-9-20-16/h2-9,17,19,25H,10-12H2,1H3,(H,21,23)/t17-,19-/m1/s1. The maximum absolute atomic E-state index is 12.3. The Balaban J connectivity index is 1.77. The molecule has 0 aliphatic carbocycles. The second kappa shape index (κ2) is 8.07. The number of aliphatic hydroxyl groups excluding tert-OH is 1. The van der Waals surface area contributed by atoms with Gasteiger partial charge >= 0.3 is 0 Å². The average molecular weight is 355 g/mol. The summed E-state index contributed by atoms with van der Waals surface area (Å²) in [5.74, 6) is -0.341. The summed E-state index contributed by atoms with van der Waals surface area (Å²) in [7, 11) is 0. The van der Waals surface area contributed by atoms with Crippen LogP contribution < -0.4 is 5.32 Å². The molecule has 1 aromatic carbocycles. The number of hydrogen-bond donors (Lipinski definition) is 2. The van der Waals surface area contributed by atoms with Gasteiger partial charge in [0.1, 0.15) is 12.7 Å². The number of carbonyl (C=O) groups excluding carboxylic acids is 2. The molecule has 2 atom stereocenters. The van der Waals surface area contributed by atoms with Gasteiger partial charge in [0.2, 0.25) is 11.8 Å². The van der Waals surface area contributed by atoms with Crippen LogP contribution in [0.4, 0.5) is 5.69 Å². The summed E-state index contributed by atoms with van der Waals surface area (Å²) >= 11 is 0. The number of aliphatic hydroxyl groups is 1. The Kier molecular flexibility index (Phi) is 5.60. The Labute approximate surface area is 151 Å². The molecule has 1 saturated heterocycles. The number of aromatic nitrogens is 1. The first-order valence-electron chi connectivity index (χ1n) is 8.37. The SMILES string of the molecule is CC(=O)Nc1ccc([C@@H](O)[C@H]2COCC(=O)N2Cc2ccccn2)cc1. The highest BCUT2D eigenvalue weighted by atomic mass is 16.5. The first-order valence-corrected chi connectivity index (χ1v) is 8.37. The number of amides is 2. The van der Waals surface area contributed by atoms with Crippen molar-refractivity contribution >= 4 is 17.5 Å². The second-order valence-electron chi connectivity index (χ2n) is 6.17. The van der Waals surface area contributed by atoms with Gasteiger partial charge in [-0.1, -0.05) is 18.2 Å². The predicted molar refractivity (Wildman–Crippen MR) is 95.1 cm³/mol. The van der Waals surface area contributed by atoms with Crippen molar-refractivity contribution in [2.45, 2.75) is 25.6 Å². The van der Waals surface area contributed by atoms with Gasteiger partial charge < -0.3 is 20.1 Å². The number of carbonyl (C=O) groups is 2. The fourth-order valence-electron chi connectivity index (χ4n) is 2.95. The zero-order valence-electron chi connectivity index (χ0n) is 14.5. The third-order valence-electron chi connectivity index (χ3n) is 4.23. The summed E-state index contributed by atoms with van der Waals surface area (Å²) in [5.41, 5.74) is 2.05. The van der Waals surface area contributed by atoms with Crippen molar-refractivity contribution in [1.82, 2.24) is 9.88 Å². The molecule has 136 valence electrons. The van der Waals surface area contributed by atoms with Crippen LogP contribution in [0.2, 0.25) is 0 Å². The van der Waals surface area contributed by atoms with Gasteiger partial charge in [0, 0.05) is 18.8 Å². The zero-order chi connectivity index (χ0) is 18.5. The van der Waals surface area contributed by atoms with Gasteiger partial charge in [0.25, 0.3) is 0 Å². The van der Waals surface area contributed by atoms with Crippen molar-refractivity contribution in [1.29, 1.82) is 0 Å². The van der Waals surface area contributed by atoms with E-state index in [9.17, 15) is 14.7 Å². The van der Waals surface area contributed by atoms with E-state index in [4.69, 9.17) is 4.74 Å².